The first-order valence-electron chi connectivity index (χ1n) is 6.43. The number of Topliss-reactive ketones (excluding diaryl/α,β-unsaturated/α-hetero) is 1. The second-order valence-corrected chi connectivity index (χ2v) is 4.07. The zero-order valence-electron chi connectivity index (χ0n) is 11.3. The predicted molar refractivity (Wildman–Crippen MR) is 74.1 cm³/mol. The SMILES string of the molecule is CCNC(CC)C(=O)c1ccc(OCC)c(N)c1. The van der Waals surface area contributed by atoms with Crippen LogP contribution in [-0.2, 0) is 0 Å². The number of nitrogens with one attached hydrogen (secondary N) is 1. The molecule has 0 aromatic heterocycles. The number of carbonyl (C=O) groups is 1. The summed E-state index contributed by atoms with van der Waals surface area (Å²) in [4.78, 5) is 12.2. The van der Waals surface area contributed by atoms with Crippen LogP contribution in [0.3, 0.4) is 0 Å². The second kappa shape index (κ2) is 7.01. The van der Waals surface area contributed by atoms with Gasteiger partial charge in [0, 0.05) is 5.56 Å². The summed E-state index contributed by atoms with van der Waals surface area (Å²) in [6, 6.07) is 5.06. The number of nitrogen functional groups attached to an aromatic ring is 1. The molecule has 0 aliphatic carbocycles. The number of ketones is 1. The van der Waals surface area contributed by atoms with Crippen molar-refractivity contribution in [3.05, 3.63) is 23.8 Å². The van der Waals surface area contributed by atoms with Crippen molar-refractivity contribution < 1.29 is 9.53 Å². The van der Waals surface area contributed by atoms with Gasteiger partial charge in [-0.1, -0.05) is 13.8 Å². The van der Waals surface area contributed by atoms with Crippen LogP contribution in [0.1, 0.15) is 37.6 Å². The lowest BCUT2D eigenvalue weighted by Gasteiger charge is -2.15. The molecular weight excluding hydrogens is 228 g/mol. The zero-order chi connectivity index (χ0) is 13.5. The van der Waals surface area contributed by atoms with E-state index in [0.717, 1.165) is 13.0 Å². The number of benzene rings is 1. The third-order valence-electron chi connectivity index (χ3n) is 2.77. The molecule has 0 fully saturated rings. The van der Waals surface area contributed by atoms with Gasteiger partial charge in [-0.25, -0.2) is 0 Å². The molecule has 100 valence electrons. The Hall–Kier alpha value is -1.55. The fraction of sp³-hybridized carbons (Fsp3) is 0.500. The molecule has 1 atom stereocenters. The minimum Gasteiger partial charge on any atom is -0.492 e. The molecule has 4 heteroatoms. The maximum Gasteiger partial charge on any atom is 0.179 e. The fourth-order valence-corrected chi connectivity index (χ4v) is 1.86. The van der Waals surface area contributed by atoms with Crippen LogP contribution in [0, 0.1) is 0 Å². The molecule has 1 unspecified atom stereocenters. The largest absolute Gasteiger partial charge is 0.492 e. The molecule has 18 heavy (non-hydrogen) atoms. The molecule has 0 aliphatic rings. The summed E-state index contributed by atoms with van der Waals surface area (Å²) in [7, 11) is 0. The number of ether oxygens (including phenoxy) is 1. The first-order chi connectivity index (χ1) is 8.63. The van der Waals surface area contributed by atoms with Crippen molar-refractivity contribution in [2.75, 3.05) is 18.9 Å². The van der Waals surface area contributed by atoms with Crippen LogP contribution in [0.4, 0.5) is 5.69 Å². The van der Waals surface area contributed by atoms with Crippen LogP contribution in [0.5, 0.6) is 5.75 Å². The molecular formula is C14H22N2O2. The molecule has 0 radical (unpaired) electrons. The first-order valence-corrected chi connectivity index (χ1v) is 6.43. The van der Waals surface area contributed by atoms with Gasteiger partial charge in [0.1, 0.15) is 5.75 Å². The molecule has 1 aromatic rings. The Labute approximate surface area is 109 Å². The van der Waals surface area contributed by atoms with Crippen LogP contribution in [0.2, 0.25) is 0 Å². The number of hydrogen-bond acceptors (Lipinski definition) is 4. The quantitative estimate of drug-likeness (QED) is 0.575. The number of hydrogen-bond donors (Lipinski definition) is 2. The minimum absolute atomic E-state index is 0.0779. The summed E-state index contributed by atoms with van der Waals surface area (Å²) in [5.74, 6) is 0.708. The Morgan fingerprint density at radius 2 is 2.11 bits per heavy atom. The van der Waals surface area contributed by atoms with Gasteiger partial charge in [0.2, 0.25) is 0 Å². The standard InChI is InChI=1S/C14H22N2O2/c1-4-12(16-5-2)14(17)10-7-8-13(18-6-3)11(15)9-10/h7-9,12,16H,4-6,15H2,1-3H3. The zero-order valence-corrected chi connectivity index (χ0v) is 11.3. The normalized spacial score (nSPS) is 12.2. The van der Waals surface area contributed by atoms with Gasteiger partial charge in [-0.05, 0) is 38.1 Å². The van der Waals surface area contributed by atoms with Crippen LogP contribution in [0.15, 0.2) is 18.2 Å². The van der Waals surface area contributed by atoms with Crippen LogP contribution < -0.4 is 15.8 Å². The molecule has 0 bridgehead atoms. The highest BCUT2D eigenvalue weighted by Crippen LogP contribution is 2.23. The molecule has 0 saturated heterocycles. The molecule has 0 aliphatic heterocycles. The molecule has 4 nitrogen and oxygen atoms in total. The van der Waals surface area contributed by atoms with E-state index in [1.54, 1.807) is 18.2 Å². The lowest BCUT2D eigenvalue weighted by molar-refractivity contribution is 0.0941. The first kappa shape index (κ1) is 14.5. The Bertz CT molecular complexity index is 405. The average molecular weight is 250 g/mol. The predicted octanol–water partition coefficient (Wildman–Crippen LogP) is 2.24. The third kappa shape index (κ3) is 3.47. The maximum atomic E-state index is 12.2. The van der Waals surface area contributed by atoms with Gasteiger partial charge < -0.3 is 15.8 Å². The lowest BCUT2D eigenvalue weighted by atomic mass is 10.0. The van der Waals surface area contributed by atoms with Gasteiger partial charge >= 0.3 is 0 Å². The van der Waals surface area contributed by atoms with E-state index < -0.39 is 0 Å². The summed E-state index contributed by atoms with van der Waals surface area (Å²) in [5, 5.41) is 3.17. The number of carbonyl (C=O) groups excluding carboxylic acids is 1. The lowest BCUT2D eigenvalue weighted by Crippen LogP contribution is -2.36. The molecule has 1 aromatic carbocycles. The van der Waals surface area contributed by atoms with E-state index in [4.69, 9.17) is 10.5 Å². The van der Waals surface area contributed by atoms with Crippen LogP contribution in [0.25, 0.3) is 0 Å². The summed E-state index contributed by atoms with van der Waals surface area (Å²) in [5.41, 5.74) is 7.00. The van der Waals surface area contributed by atoms with Crippen molar-refractivity contribution >= 4 is 11.5 Å². The van der Waals surface area contributed by atoms with Crippen molar-refractivity contribution in [1.29, 1.82) is 0 Å². The molecule has 0 amide bonds. The van der Waals surface area contributed by atoms with Crippen LogP contribution in [-0.4, -0.2) is 25.0 Å². The van der Waals surface area contributed by atoms with Gasteiger partial charge in [0.05, 0.1) is 18.3 Å². The Balaban J connectivity index is 2.89. The Kier molecular flexibility index (Phi) is 5.65. The van der Waals surface area contributed by atoms with Gasteiger partial charge in [-0.2, -0.15) is 0 Å². The van der Waals surface area contributed by atoms with E-state index in [-0.39, 0.29) is 11.8 Å². The van der Waals surface area contributed by atoms with E-state index in [1.807, 2.05) is 20.8 Å². The Morgan fingerprint density at radius 3 is 2.61 bits per heavy atom. The molecule has 3 N–H and O–H groups in total. The van der Waals surface area contributed by atoms with E-state index in [1.165, 1.54) is 0 Å². The topological polar surface area (TPSA) is 64.3 Å². The number of likely N-dealkylation sites (N-methyl/N-ethyl adjacent to an activating group) is 1. The monoisotopic (exact) mass is 250 g/mol. The van der Waals surface area contributed by atoms with Gasteiger partial charge in [0.25, 0.3) is 0 Å². The third-order valence-corrected chi connectivity index (χ3v) is 2.77. The summed E-state index contributed by atoms with van der Waals surface area (Å²) >= 11 is 0. The molecule has 1 rings (SSSR count). The van der Waals surface area contributed by atoms with Crippen molar-refractivity contribution in [3.63, 3.8) is 0 Å². The molecule has 0 saturated carbocycles. The summed E-state index contributed by atoms with van der Waals surface area (Å²) in [6.45, 7) is 7.21. The average Bonchev–Trinajstić information content (AvgIpc) is 2.37. The van der Waals surface area contributed by atoms with E-state index in [2.05, 4.69) is 5.32 Å². The highest BCUT2D eigenvalue weighted by atomic mass is 16.5. The smallest absolute Gasteiger partial charge is 0.179 e. The van der Waals surface area contributed by atoms with Crippen LogP contribution >= 0.6 is 0 Å². The van der Waals surface area contributed by atoms with E-state index in [9.17, 15) is 4.79 Å². The van der Waals surface area contributed by atoms with Crippen molar-refractivity contribution in [2.45, 2.75) is 33.2 Å². The van der Waals surface area contributed by atoms with Crippen molar-refractivity contribution in [2.24, 2.45) is 0 Å². The highest BCUT2D eigenvalue weighted by Gasteiger charge is 2.17. The van der Waals surface area contributed by atoms with Gasteiger partial charge in [-0.15, -0.1) is 0 Å². The minimum atomic E-state index is -0.146. The van der Waals surface area contributed by atoms with Gasteiger partial charge in [-0.3, -0.25) is 4.79 Å². The highest BCUT2D eigenvalue weighted by molar-refractivity contribution is 6.01. The number of anilines is 1. The number of rotatable bonds is 7. The molecule has 0 spiro atoms. The molecule has 0 heterocycles. The summed E-state index contributed by atoms with van der Waals surface area (Å²) in [6.07, 6.45) is 0.764. The van der Waals surface area contributed by atoms with Crippen molar-refractivity contribution in [3.8, 4) is 5.75 Å². The van der Waals surface area contributed by atoms with Gasteiger partial charge in [0.15, 0.2) is 5.78 Å². The maximum absolute atomic E-state index is 12.2. The van der Waals surface area contributed by atoms with Crippen molar-refractivity contribution in [1.82, 2.24) is 5.32 Å². The fourth-order valence-electron chi connectivity index (χ4n) is 1.86. The summed E-state index contributed by atoms with van der Waals surface area (Å²) < 4.78 is 5.35. The number of nitrogens with two attached hydrogens (primary N) is 1. The second-order valence-electron chi connectivity index (χ2n) is 4.07. The Morgan fingerprint density at radius 1 is 1.39 bits per heavy atom. The van der Waals surface area contributed by atoms with E-state index in [0.29, 0.717) is 23.6 Å². The van der Waals surface area contributed by atoms with E-state index >= 15 is 0 Å².